The van der Waals surface area contributed by atoms with Crippen LogP contribution in [0.5, 0.6) is 0 Å². The van der Waals surface area contributed by atoms with Gasteiger partial charge in [-0.1, -0.05) is 11.2 Å². The van der Waals surface area contributed by atoms with Crippen LogP contribution in [0.4, 0.5) is 11.4 Å². The number of carbonyl (C=O) groups is 1. The molecule has 0 aromatic heterocycles. The van der Waals surface area contributed by atoms with E-state index in [0.717, 1.165) is 0 Å². The van der Waals surface area contributed by atoms with Gasteiger partial charge in [0.25, 0.3) is 11.6 Å². The molecule has 0 saturated heterocycles. The summed E-state index contributed by atoms with van der Waals surface area (Å²) in [7, 11) is 0. The number of nitrogens with two attached hydrogens (primary N) is 1. The third-order valence-corrected chi connectivity index (χ3v) is 1.62. The highest BCUT2D eigenvalue weighted by Gasteiger charge is 2.21. The Hall–Kier alpha value is -2.60. The molecule has 0 aliphatic heterocycles. The van der Waals surface area contributed by atoms with Gasteiger partial charge in [0.15, 0.2) is 0 Å². The zero-order valence-corrected chi connectivity index (χ0v) is 7.32. The van der Waals surface area contributed by atoms with E-state index in [4.69, 9.17) is 11.3 Å². The second-order valence-corrected chi connectivity index (χ2v) is 2.48. The van der Waals surface area contributed by atoms with Crippen molar-refractivity contribution in [3.8, 4) is 0 Å². The molecule has 0 radical (unpaired) electrons. The van der Waals surface area contributed by atoms with Gasteiger partial charge in [-0.2, -0.15) is 0 Å². The number of hydrogen-bond acceptors (Lipinski definition) is 4. The highest BCUT2D eigenvalue weighted by molar-refractivity contribution is 5.98. The van der Waals surface area contributed by atoms with Gasteiger partial charge in [0.05, 0.1) is 4.92 Å². The van der Waals surface area contributed by atoms with Crippen LogP contribution in [0.3, 0.4) is 0 Å². The van der Waals surface area contributed by atoms with Crippen LogP contribution < -0.4 is 5.73 Å². The van der Waals surface area contributed by atoms with Crippen LogP contribution >= 0.6 is 0 Å². The second-order valence-electron chi connectivity index (χ2n) is 2.48. The van der Waals surface area contributed by atoms with E-state index >= 15 is 0 Å². The van der Waals surface area contributed by atoms with Gasteiger partial charge < -0.3 is 5.73 Å². The first-order valence-electron chi connectivity index (χ1n) is 3.70. The largest absolute Gasteiger partial charge is 0.365 e. The fraction of sp³-hybridized carbons (Fsp3) is 0. The molecule has 15 heavy (non-hydrogen) atoms. The van der Waals surface area contributed by atoms with Gasteiger partial charge >= 0.3 is 0 Å². The molecule has 76 valence electrons. The number of para-hydroxylation sites is 1. The number of benzene rings is 1. The average molecular weight is 207 g/mol. The van der Waals surface area contributed by atoms with Gasteiger partial charge in [-0.3, -0.25) is 14.9 Å². The van der Waals surface area contributed by atoms with Crippen LogP contribution in [0.25, 0.3) is 10.4 Å². The number of amides is 1. The first-order chi connectivity index (χ1) is 7.07. The normalized spacial score (nSPS) is 9.07. The van der Waals surface area contributed by atoms with Crippen molar-refractivity contribution < 1.29 is 9.72 Å². The van der Waals surface area contributed by atoms with Gasteiger partial charge in [-0.25, -0.2) is 0 Å². The Labute approximate surface area is 83.1 Å². The summed E-state index contributed by atoms with van der Waals surface area (Å²) in [4.78, 5) is 23.1. The summed E-state index contributed by atoms with van der Waals surface area (Å²) in [5.74, 6) is -0.948. The first-order valence-corrected chi connectivity index (χ1v) is 3.70. The van der Waals surface area contributed by atoms with E-state index in [9.17, 15) is 14.9 Å². The molecule has 0 aliphatic carbocycles. The quantitative estimate of drug-likeness (QED) is 0.265. The summed E-state index contributed by atoms with van der Waals surface area (Å²) >= 11 is 0. The SMILES string of the molecule is [N-]=[N+]=Nc1cccc(C(N)=O)c1[N+](=O)[O-]. The molecule has 8 nitrogen and oxygen atoms in total. The molecule has 0 unspecified atom stereocenters. The molecule has 0 saturated carbocycles. The van der Waals surface area contributed by atoms with Crippen LogP contribution in [0.15, 0.2) is 23.3 Å². The fourth-order valence-corrected chi connectivity index (χ4v) is 1.05. The number of carbonyl (C=O) groups excluding carboxylic acids is 1. The number of azide groups is 1. The first kappa shape index (κ1) is 10.5. The summed E-state index contributed by atoms with van der Waals surface area (Å²) in [6, 6.07) is 3.76. The Balaban J connectivity index is 3.55. The summed E-state index contributed by atoms with van der Waals surface area (Å²) in [5, 5.41) is 13.7. The molecule has 0 atom stereocenters. The Kier molecular flexibility index (Phi) is 2.85. The molecule has 1 rings (SSSR count). The maximum absolute atomic E-state index is 10.9. The van der Waals surface area contributed by atoms with E-state index in [-0.39, 0.29) is 11.3 Å². The highest BCUT2D eigenvalue weighted by atomic mass is 16.6. The standard InChI is InChI=1S/C7H5N5O3/c8-7(13)4-2-1-3-5(10-11-9)6(4)12(14)15/h1-3H,(H2,8,13). The number of rotatable bonds is 3. The number of nitrogens with zero attached hydrogens (tertiary/aromatic N) is 4. The molecule has 8 heteroatoms. The van der Waals surface area contributed by atoms with Crippen molar-refractivity contribution in [2.75, 3.05) is 0 Å². The fourth-order valence-electron chi connectivity index (χ4n) is 1.05. The molecule has 0 fully saturated rings. The van der Waals surface area contributed by atoms with Gasteiger partial charge in [0.1, 0.15) is 11.3 Å². The number of nitro groups is 1. The summed E-state index contributed by atoms with van der Waals surface area (Å²) < 4.78 is 0. The Morgan fingerprint density at radius 2 is 2.27 bits per heavy atom. The molecule has 0 heterocycles. The molecule has 0 aliphatic rings. The monoisotopic (exact) mass is 207 g/mol. The molecular formula is C7H5N5O3. The van der Waals surface area contributed by atoms with E-state index in [0.29, 0.717) is 0 Å². The van der Waals surface area contributed by atoms with Crippen LogP contribution in [0, 0.1) is 10.1 Å². The van der Waals surface area contributed by atoms with Crippen LogP contribution in [-0.2, 0) is 0 Å². The predicted octanol–water partition coefficient (Wildman–Crippen LogP) is 1.64. The van der Waals surface area contributed by atoms with Crippen molar-refractivity contribution in [1.29, 1.82) is 0 Å². The summed E-state index contributed by atoms with van der Waals surface area (Å²) in [6.45, 7) is 0. The Bertz CT molecular complexity index is 457. The lowest BCUT2D eigenvalue weighted by Crippen LogP contribution is -2.13. The summed E-state index contributed by atoms with van der Waals surface area (Å²) in [6.07, 6.45) is 0. The maximum Gasteiger partial charge on any atom is 0.291 e. The van der Waals surface area contributed by atoms with E-state index < -0.39 is 16.5 Å². The van der Waals surface area contributed by atoms with Crippen molar-refractivity contribution >= 4 is 17.3 Å². The van der Waals surface area contributed by atoms with E-state index in [1.165, 1.54) is 18.2 Å². The van der Waals surface area contributed by atoms with Crippen LogP contribution in [-0.4, -0.2) is 10.8 Å². The minimum absolute atomic E-state index is 0.237. The molecule has 1 aromatic carbocycles. The van der Waals surface area contributed by atoms with Gasteiger partial charge in [-0.15, -0.1) is 0 Å². The van der Waals surface area contributed by atoms with E-state index in [1.54, 1.807) is 0 Å². The van der Waals surface area contributed by atoms with Crippen LogP contribution in [0.2, 0.25) is 0 Å². The van der Waals surface area contributed by atoms with Gasteiger partial charge in [0, 0.05) is 4.91 Å². The number of hydrogen-bond donors (Lipinski definition) is 1. The smallest absolute Gasteiger partial charge is 0.291 e. The maximum atomic E-state index is 10.9. The third-order valence-electron chi connectivity index (χ3n) is 1.62. The van der Waals surface area contributed by atoms with Gasteiger partial charge in [-0.05, 0) is 17.7 Å². The number of primary amides is 1. The van der Waals surface area contributed by atoms with Gasteiger partial charge in [0.2, 0.25) is 0 Å². The van der Waals surface area contributed by atoms with Crippen molar-refractivity contribution in [2.24, 2.45) is 10.8 Å². The topological polar surface area (TPSA) is 135 Å². The van der Waals surface area contributed by atoms with Crippen molar-refractivity contribution in [1.82, 2.24) is 0 Å². The summed E-state index contributed by atoms with van der Waals surface area (Å²) in [5.41, 5.74) is 12.0. The Morgan fingerprint density at radius 1 is 1.60 bits per heavy atom. The predicted molar refractivity (Wildman–Crippen MR) is 50.4 cm³/mol. The molecule has 1 aromatic rings. The van der Waals surface area contributed by atoms with Crippen LogP contribution in [0.1, 0.15) is 10.4 Å². The lowest BCUT2D eigenvalue weighted by atomic mass is 10.1. The lowest BCUT2D eigenvalue weighted by Gasteiger charge is -2.00. The minimum atomic E-state index is -0.948. The highest BCUT2D eigenvalue weighted by Crippen LogP contribution is 2.30. The minimum Gasteiger partial charge on any atom is -0.365 e. The van der Waals surface area contributed by atoms with Crippen molar-refractivity contribution in [3.05, 3.63) is 44.3 Å². The average Bonchev–Trinajstić information content (AvgIpc) is 2.17. The van der Waals surface area contributed by atoms with Crippen molar-refractivity contribution in [2.45, 2.75) is 0 Å². The molecule has 0 spiro atoms. The number of nitro benzene ring substituents is 1. The zero-order chi connectivity index (χ0) is 11.4. The molecule has 1 amide bonds. The molecule has 2 N–H and O–H groups in total. The zero-order valence-electron chi connectivity index (χ0n) is 7.32. The molecule has 0 bridgehead atoms. The lowest BCUT2D eigenvalue weighted by molar-refractivity contribution is -0.384. The molecular weight excluding hydrogens is 202 g/mol. The third kappa shape index (κ3) is 2.01. The second kappa shape index (κ2) is 4.07. The van der Waals surface area contributed by atoms with E-state index in [1.807, 2.05) is 0 Å². The Morgan fingerprint density at radius 3 is 2.73 bits per heavy atom. The van der Waals surface area contributed by atoms with Crippen molar-refractivity contribution in [3.63, 3.8) is 0 Å². The van der Waals surface area contributed by atoms with E-state index in [2.05, 4.69) is 10.0 Å².